The summed E-state index contributed by atoms with van der Waals surface area (Å²) >= 11 is 0. The van der Waals surface area contributed by atoms with E-state index in [1.807, 2.05) is 24.1 Å². The van der Waals surface area contributed by atoms with Crippen molar-refractivity contribution in [2.75, 3.05) is 25.0 Å². The fourth-order valence-electron chi connectivity index (χ4n) is 3.01. The topological polar surface area (TPSA) is 49.6 Å². The van der Waals surface area contributed by atoms with Crippen molar-refractivity contribution in [1.29, 1.82) is 0 Å². The lowest BCUT2D eigenvalue weighted by Crippen LogP contribution is -2.32. The maximum atomic E-state index is 12.0. The Morgan fingerprint density at radius 2 is 2.05 bits per heavy atom. The van der Waals surface area contributed by atoms with E-state index >= 15 is 0 Å². The molecule has 1 aromatic carbocycles. The molecule has 1 atom stereocenters. The maximum absolute atomic E-state index is 12.0. The van der Waals surface area contributed by atoms with E-state index in [1.54, 1.807) is 4.90 Å². The second kappa shape index (κ2) is 4.23. The van der Waals surface area contributed by atoms with E-state index < -0.39 is 0 Å². The molecule has 0 aromatic heterocycles. The van der Waals surface area contributed by atoms with Gasteiger partial charge < -0.3 is 10.6 Å². The van der Waals surface area contributed by atoms with Crippen LogP contribution in [0.25, 0.3) is 0 Å². The van der Waals surface area contributed by atoms with E-state index in [0.717, 1.165) is 31.6 Å². The molecule has 1 aliphatic carbocycles. The number of carbonyl (C=O) groups is 1. The number of amides is 2. The third-order valence-corrected chi connectivity index (χ3v) is 4.61. The van der Waals surface area contributed by atoms with Crippen molar-refractivity contribution in [3.05, 3.63) is 29.8 Å². The van der Waals surface area contributed by atoms with Crippen molar-refractivity contribution in [1.82, 2.24) is 4.90 Å². The number of hydrogen-bond acceptors (Lipinski definition) is 2. The largest absolute Gasteiger partial charge is 0.327 e. The fraction of sp³-hybridized carbons (Fsp3) is 0.533. The molecule has 19 heavy (non-hydrogen) atoms. The highest BCUT2D eigenvalue weighted by molar-refractivity contribution is 5.94. The van der Waals surface area contributed by atoms with Gasteiger partial charge in [0.05, 0.1) is 0 Å². The first-order valence-corrected chi connectivity index (χ1v) is 6.93. The minimum atomic E-state index is 0.0859. The molecule has 1 aliphatic heterocycles. The van der Waals surface area contributed by atoms with Crippen LogP contribution < -0.4 is 10.6 Å². The van der Waals surface area contributed by atoms with Gasteiger partial charge in [-0.05, 0) is 37.5 Å². The summed E-state index contributed by atoms with van der Waals surface area (Å²) in [5.74, 6) is 0. The third kappa shape index (κ3) is 1.91. The molecule has 4 nitrogen and oxygen atoms in total. The van der Waals surface area contributed by atoms with Crippen LogP contribution in [-0.2, 0) is 5.41 Å². The van der Waals surface area contributed by atoms with Gasteiger partial charge in [0.1, 0.15) is 0 Å². The average Bonchev–Trinajstić information content (AvgIpc) is 3.14. The number of nitrogens with zero attached hydrogens (tertiary/aromatic N) is 2. The normalized spacial score (nSPS) is 22.8. The van der Waals surface area contributed by atoms with Crippen molar-refractivity contribution in [2.24, 2.45) is 5.73 Å². The van der Waals surface area contributed by atoms with Crippen LogP contribution in [0, 0.1) is 0 Å². The third-order valence-electron chi connectivity index (χ3n) is 4.61. The second-order valence-electron chi connectivity index (χ2n) is 5.85. The predicted molar refractivity (Wildman–Crippen MR) is 76.4 cm³/mol. The van der Waals surface area contributed by atoms with Crippen LogP contribution in [0.2, 0.25) is 0 Å². The minimum absolute atomic E-state index is 0.0859. The highest BCUT2D eigenvalue weighted by Crippen LogP contribution is 2.50. The first kappa shape index (κ1) is 12.5. The Morgan fingerprint density at radius 3 is 2.58 bits per heavy atom. The van der Waals surface area contributed by atoms with E-state index in [9.17, 15) is 4.79 Å². The van der Waals surface area contributed by atoms with Gasteiger partial charge in [-0.25, -0.2) is 4.79 Å². The molecule has 1 heterocycles. The van der Waals surface area contributed by atoms with Gasteiger partial charge in [0.2, 0.25) is 0 Å². The summed E-state index contributed by atoms with van der Waals surface area (Å²) < 4.78 is 0. The summed E-state index contributed by atoms with van der Waals surface area (Å²) in [6, 6.07) is 8.59. The van der Waals surface area contributed by atoms with Crippen LogP contribution in [-0.4, -0.2) is 37.1 Å². The highest BCUT2D eigenvalue weighted by Gasteiger charge is 2.47. The maximum Gasteiger partial charge on any atom is 0.324 e. The molecular formula is C15H21N3O. The molecule has 0 spiro atoms. The monoisotopic (exact) mass is 259 g/mol. The SMILES string of the molecule is CC(N)C1(c2cccc(N3CCN(C)C3=O)c2)CC1. The van der Waals surface area contributed by atoms with Gasteiger partial charge in [0.15, 0.2) is 0 Å². The molecule has 2 N–H and O–H groups in total. The molecule has 4 heteroatoms. The standard InChI is InChI=1S/C15H21N3O/c1-11(16)15(6-7-15)12-4-3-5-13(10-12)18-9-8-17(2)14(18)19/h3-5,10-11H,6-9,16H2,1-2H3. The van der Waals surface area contributed by atoms with E-state index in [1.165, 1.54) is 5.56 Å². The fourth-order valence-corrected chi connectivity index (χ4v) is 3.01. The number of nitrogens with two attached hydrogens (primary N) is 1. The Balaban J connectivity index is 1.91. The van der Waals surface area contributed by atoms with Crippen molar-refractivity contribution in [3.8, 4) is 0 Å². The van der Waals surface area contributed by atoms with Crippen molar-refractivity contribution in [3.63, 3.8) is 0 Å². The number of carbonyl (C=O) groups excluding carboxylic acids is 1. The van der Waals surface area contributed by atoms with Gasteiger partial charge in [0, 0.05) is 37.3 Å². The second-order valence-corrected chi connectivity index (χ2v) is 5.85. The van der Waals surface area contributed by atoms with E-state index in [2.05, 4.69) is 19.1 Å². The van der Waals surface area contributed by atoms with E-state index in [-0.39, 0.29) is 17.5 Å². The van der Waals surface area contributed by atoms with Gasteiger partial charge in [-0.3, -0.25) is 4.90 Å². The molecular weight excluding hydrogens is 238 g/mol. The van der Waals surface area contributed by atoms with E-state index in [0.29, 0.717) is 0 Å². The van der Waals surface area contributed by atoms with Crippen LogP contribution in [0.4, 0.5) is 10.5 Å². The van der Waals surface area contributed by atoms with Crippen molar-refractivity contribution < 1.29 is 4.79 Å². The summed E-state index contributed by atoms with van der Waals surface area (Å²) in [7, 11) is 1.84. The molecule has 2 fully saturated rings. The summed E-state index contributed by atoms with van der Waals surface area (Å²) in [6.45, 7) is 3.64. The Hall–Kier alpha value is -1.55. The zero-order valence-electron chi connectivity index (χ0n) is 11.6. The first-order valence-electron chi connectivity index (χ1n) is 6.93. The van der Waals surface area contributed by atoms with Gasteiger partial charge in [-0.2, -0.15) is 0 Å². The quantitative estimate of drug-likeness (QED) is 0.901. The van der Waals surface area contributed by atoms with Crippen LogP contribution in [0.1, 0.15) is 25.3 Å². The number of anilines is 1. The summed E-state index contributed by atoms with van der Waals surface area (Å²) in [5.41, 5.74) is 8.55. The van der Waals surface area contributed by atoms with Crippen LogP contribution >= 0.6 is 0 Å². The molecule has 1 aromatic rings. The lowest BCUT2D eigenvalue weighted by Gasteiger charge is -2.23. The van der Waals surface area contributed by atoms with Crippen LogP contribution in [0.15, 0.2) is 24.3 Å². The zero-order valence-corrected chi connectivity index (χ0v) is 11.6. The molecule has 2 aliphatic rings. The molecule has 102 valence electrons. The van der Waals surface area contributed by atoms with Gasteiger partial charge in [-0.15, -0.1) is 0 Å². The number of likely N-dealkylation sites (N-methyl/N-ethyl adjacent to an activating group) is 1. The Labute approximate surface area is 114 Å². The Bertz CT molecular complexity index is 508. The molecule has 3 rings (SSSR count). The van der Waals surface area contributed by atoms with Gasteiger partial charge in [-0.1, -0.05) is 12.1 Å². The summed E-state index contributed by atoms with van der Waals surface area (Å²) in [6.07, 6.45) is 2.31. The van der Waals surface area contributed by atoms with E-state index in [4.69, 9.17) is 5.73 Å². The highest BCUT2D eigenvalue weighted by atomic mass is 16.2. The number of hydrogen-bond donors (Lipinski definition) is 1. The molecule has 1 unspecified atom stereocenters. The zero-order chi connectivity index (χ0) is 13.6. The number of rotatable bonds is 3. The molecule has 2 amide bonds. The summed E-state index contributed by atoms with van der Waals surface area (Å²) in [5, 5.41) is 0. The lowest BCUT2D eigenvalue weighted by molar-refractivity contribution is 0.229. The Morgan fingerprint density at radius 1 is 1.32 bits per heavy atom. The van der Waals surface area contributed by atoms with Gasteiger partial charge >= 0.3 is 6.03 Å². The lowest BCUT2D eigenvalue weighted by atomic mass is 9.89. The smallest absolute Gasteiger partial charge is 0.324 e. The Kier molecular flexibility index (Phi) is 2.78. The van der Waals surface area contributed by atoms with Crippen molar-refractivity contribution >= 4 is 11.7 Å². The number of benzene rings is 1. The first-order chi connectivity index (χ1) is 9.04. The predicted octanol–water partition coefficient (Wildman–Crippen LogP) is 1.94. The van der Waals surface area contributed by atoms with Crippen LogP contribution in [0.5, 0.6) is 0 Å². The summed E-state index contributed by atoms with van der Waals surface area (Å²) in [4.78, 5) is 15.6. The average molecular weight is 259 g/mol. The van der Waals surface area contributed by atoms with Crippen LogP contribution in [0.3, 0.4) is 0 Å². The molecule has 0 radical (unpaired) electrons. The van der Waals surface area contributed by atoms with Crippen molar-refractivity contribution in [2.45, 2.75) is 31.2 Å². The number of urea groups is 1. The molecule has 1 saturated heterocycles. The molecule has 1 saturated carbocycles. The van der Waals surface area contributed by atoms with Gasteiger partial charge in [0.25, 0.3) is 0 Å². The molecule has 0 bridgehead atoms. The minimum Gasteiger partial charge on any atom is -0.327 e.